The molecule has 0 saturated heterocycles. The van der Waals surface area contributed by atoms with Crippen molar-refractivity contribution in [3.05, 3.63) is 0 Å². The lowest BCUT2D eigenvalue weighted by atomic mass is 9.45. The van der Waals surface area contributed by atoms with E-state index in [0.29, 0.717) is 47.8 Å². The van der Waals surface area contributed by atoms with Crippen LogP contribution in [0.1, 0.15) is 149 Å². The summed E-state index contributed by atoms with van der Waals surface area (Å²) in [5.74, 6) is 3.99. The molecule has 228 valence electrons. The molecule has 0 aromatic carbocycles. The van der Waals surface area contributed by atoms with Crippen molar-refractivity contribution in [1.29, 1.82) is 0 Å². The molecule has 1 N–H and O–H groups in total. The van der Waals surface area contributed by atoms with E-state index in [4.69, 9.17) is 0 Å². The predicted molar refractivity (Wildman–Crippen MR) is 167 cm³/mol. The van der Waals surface area contributed by atoms with E-state index in [9.17, 15) is 13.0 Å². The SMILES string of the molecule is CC(C)CC(C)(C)C1CC(C(C)(C)CC(C)C)C(C(C)(C)CC(C)(C)S(=O)(=O)O)CC1C(C)(C)CC(C)C. The largest absolute Gasteiger partial charge is 0.285 e. The third-order valence-electron chi connectivity index (χ3n) is 10.4. The molecule has 4 heteroatoms. The van der Waals surface area contributed by atoms with E-state index >= 15 is 0 Å². The highest BCUT2D eigenvalue weighted by molar-refractivity contribution is 7.87. The molecule has 0 amide bonds. The van der Waals surface area contributed by atoms with E-state index in [1.807, 2.05) is 0 Å². The van der Waals surface area contributed by atoms with Crippen LogP contribution in [0.3, 0.4) is 0 Å². The van der Waals surface area contributed by atoms with Gasteiger partial charge in [-0.05, 0) is 115 Å². The maximum absolute atomic E-state index is 12.4. The second-order valence-corrected chi connectivity index (χ2v) is 20.1. The summed E-state index contributed by atoms with van der Waals surface area (Å²) in [6.07, 6.45) is 6.40. The molecule has 4 atom stereocenters. The van der Waals surface area contributed by atoms with Gasteiger partial charge >= 0.3 is 0 Å². The van der Waals surface area contributed by atoms with Gasteiger partial charge in [0.1, 0.15) is 0 Å². The van der Waals surface area contributed by atoms with Gasteiger partial charge in [-0.1, -0.05) is 96.9 Å². The standard InChI is InChI=1S/C34H68O3S/c1-23(2)19-30(7,8)26-17-28(32(11,12)21-25(5)6)29(18-27(26)31(9,10)20-24(3)4)33(13,14)22-34(15,16)38(35,36)37/h23-29H,17-22H2,1-16H3,(H,35,36,37). The molecule has 1 rings (SSSR count). The molecule has 1 saturated carbocycles. The fourth-order valence-electron chi connectivity index (χ4n) is 9.59. The molecule has 1 aliphatic carbocycles. The Morgan fingerprint density at radius 1 is 0.553 bits per heavy atom. The smallest absolute Gasteiger partial charge is 0.270 e. The molecule has 1 fully saturated rings. The van der Waals surface area contributed by atoms with Crippen molar-refractivity contribution in [3.8, 4) is 0 Å². The Hall–Kier alpha value is -0.0900. The Balaban J connectivity index is 3.80. The Bertz CT molecular complexity index is 858. The van der Waals surface area contributed by atoms with Gasteiger partial charge in [-0.25, -0.2) is 0 Å². The Kier molecular flexibility index (Phi) is 11.4. The molecule has 0 aliphatic heterocycles. The zero-order chi connectivity index (χ0) is 30.3. The molecule has 38 heavy (non-hydrogen) atoms. The first-order valence-electron chi connectivity index (χ1n) is 15.6. The highest BCUT2D eigenvalue weighted by Gasteiger charge is 2.56. The molecule has 4 unspecified atom stereocenters. The average molecular weight is 557 g/mol. The maximum atomic E-state index is 12.4. The van der Waals surface area contributed by atoms with Gasteiger partial charge in [0.2, 0.25) is 0 Å². The van der Waals surface area contributed by atoms with E-state index in [1.165, 1.54) is 25.7 Å². The van der Waals surface area contributed by atoms with Gasteiger partial charge in [0.25, 0.3) is 10.1 Å². The minimum absolute atomic E-state index is 0.150. The lowest BCUT2D eigenvalue weighted by molar-refractivity contribution is -0.107. The zero-order valence-corrected chi connectivity index (χ0v) is 29.3. The number of hydrogen-bond donors (Lipinski definition) is 1. The van der Waals surface area contributed by atoms with E-state index < -0.39 is 14.9 Å². The quantitative estimate of drug-likeness (QED) is 0.229. The summed E-state index contributed by atoms with van der Waals surface area (Å²) in [6.45, 7) is 37.1. The second kappa shape index (κ2) is 12.0. The number of rotatable bonds is 13. The van der Waals surface area contributed by atoms with Crippen molar-refractivity contribution < 1.29 is 13.0 Å². The first kappa shape index (κ1) is 35.9. The maximum Gasteiger partial charge on any atom is 0.270 e. The number of hydrogen-bond acceptors (Lipinski definition) is 2. The van der Waals surface area contributed by atoms with E-state index in [2.05, 4.69) is 96.9 Å². The summed E-state index contributed by atoms with van der Waals surface area (Å²) in [7, 11) is -4.15. The van der Waals surface area contributed by atoms with E-state index in [0.717, 1.165) is 6.42 Å². The minimum Gasteiger partial charge on any atom is -0.285 e. The van der Waals surface area contributed by atoms with Crippen LogP contribution in [0.25, 0.3) is 0 Å². The molecule has 1 aliphatic rings. The molecular weight excluding hydrogens is 488 g/mol. The average Bonchev–Trinajstić information content (AvgIpc) is 2.62. The van der Waals surface area contributed by atoms with Gasteiger partial charge in [0, 0.05) is 0 Å². The van der Waals surface area contributed by atoms with Crippen LogP contribution in [-0.2, 0) is 10.1 Å². The molecule has 0 heterocycles. The topological polar surface area (TPSA) is 54.4 Å². The molecule has 0 bridgehead atoms. The Labute approximate surface area is 239 Å². The summed E-state index contributed by atoms with van der Waals surface area (Å²) in [6, 6.07) is 0. The second-order valence-electron chi connectivity index (χ2n) is 18.1. The lowest BCUT2D eigenvalue weighted by Crippen LogP contribution is -2.53. The van der Waals surface area contributed by atoms with Crippen LogP contribution in [0.15, 0.2) is 0 Å². The first-order valence-corrected chi connectivity index (χ1v) is 17.1. The normalized spacial score (nSPS) is 25.1. The molecule has 0 spiro atoms. The van der Waals surface area contributed by atoms with Crippen LogP contribution in [0.4, 0.5) is 0 Å². The monoisotopic (exact) mass is 556 g/mol. The van der Waals surface area contributed by atoms with Crippen molar-refractivity contribution >= 4 is 10.1 Å². The van der Waals surface area contributed by atoms with Gasteiger partial charge in [-0.15, -0.1) is 0 Å². The van der Waals surface area contributed by atoms with Gasteiger partial charge in [-0.2, -0.15) is 8.42 Å². The van der Waals surface area contributed by atoms with Gasteiger partial charge < -0.3 is 0 Å². The highest BCUT2D eigenvalue weighted by atomic mass is 32.2. The molecule has 0 radical (unpaired) electrons. The van der Waals surface area contributed by atoms with E-state index in [-0.39, 0.29) is 21.7 Å². The molecule has 3 nitrogen and oxygen atoms in total. The summed E-state index contributed by atoms with van der Waals surface area (Å²) in [5.41, 5.74) is 0.365. The molecular formula is C34H68O3S. The minimum atomic E-state index is -4.15. The third kappa shape index (κ3) is 8.95. The van der Waals surface area contributed by atoms with Gasteiger partial charge in [0.15, 0.2) is 0 Å². The third-order valence-corrected chi connectivity index (χ3v) is 11.9. The summed E-state index contributed by atoms with van der Waals surface area (Å²) >= 11 is 0. The van der Waals surface area contributed by atoms with Crippen LogP contribution in [-0.4, -0.2) is 17.7 Å². The van der Waals surface area contributed by atoms with E-state index in [1.54, 1.807) is 13.8 Å². The Morgan fingerprint density at radius 3 is 1.00 bits per heavy atom. The predicted octanol–water partition coefficient (Wildman–Crippen LogP) is 10.5. The van der Waals surface area contributed by atoms with Crippen LogP contribution >= 0.6 is 0 Å². The van der Waals surface area contributed by atoms with Crippen molar-refractivity contribution in [2.24, 2.45) is 63.1 Å². The van der Waals surface area contributed by atoms with Crippen LogP contribution in [0, 0.1) is 63.1 Å². The van der Waals surface area contributed by atoms with Gasteiger partial charge in [-0.3, -0.25) is 4.55 Å². The lowest BCUT2D eigenvalue weighted by Gasteiger charge is -2.60. The summed E-state index contributed by atoms with van der Waals surface area (Å²) < 4.78 is 33.8. The van der Waals surface area contributed by atoms with Crippen molar-refractivity contribution in [2.45, 2.75) is 154 Å². The van der Waals surface area contributed by atoms with Crippen molar-refractivity contribution in [1.82, 2.24) is 0 Å². The van der Waals surface area contributed by atoms with Crippen LogP contribution in [0.2, 0.25) is 0 Å². The van der Waals surface area contributed by atoms with Crippen molar-refractivity contribution in [3.63, 3.8) is 0 Å². The fourth-order valence-corrected chi connectivity index (χ4v) is 10.1. The highest BCUT2D eigenvalue weighted by Crippen LogP contribution is 2.63. The summed E-state index contributed by atoms with van der Waals surface area (Å²) in [5, 5.41) is 0. The zero-order valence-electron chi connectivity index (χ0n) is 28.5. The fraction of sp³-hybridized carbons (Fsp3) is 1.00. The van der Waals surface area contributed by atoms with Gasteiger partial charge in [0.05, 0.1) is 4.75 Å². The molecule has 0 aromatic rings. The summed E-state index contributed by atoms with van der Waals surface area (Å²) in [4.78, 5) is 0. The molecule has 0 aromatic heterocycles. The van der Waals surface area contributed by atoms with Crippen LogP contribution in [0.5, 0.6) is 0 Å². The van der Waals surface area contributed by atoms with Crippen LogP contribution < -0.4 is 0 Å². The Morgan fingerprint density at radius 2 is 0.789 bits per heavy atom. The first-order chi connectivity index (χ1) is 16.7. The van der Waals surface area contributed by atoms with Crippen molar-refractivity contribution in [2.75, 3.05) is 0 Å².